The van der Waals surface area contributed by atoms with Crippen molar-refractivity contribution in [2.75, 3.05) is 6.61 Å². The van der Waals surface area contributed by atoms with E-state index in [9.17, 15) is 4.79 Å². The molecule has 0 spiro atoms. The highest BCUT2D eigenvalue weighted by atomic mass is 16.5. The van der Waals surface area contributed by atoms with Crippen LogP contribution in [0, 0.1) is 5.92 Å². The van der Waals surface area contributed by atoms with Crippen molar-refractivity contribution in [1.29, 1.82) is 0 Å². The minimum atomic E-state index is 0.0165. The van der Waals surface area contributed by atoms with E-state index in [4.69, 9.17) is 4.74 Å². The fraction of sp³-hybridized carbons (Fsp3) is 0.909. The fourth-order valence-corrected chi connectivity index (χ4v) is 4.63. The van der Waals surface area contributed by atoms with Crippen molar-refractivity contribution in [3.05, 3.63) is 12.2 Å². The summed E-state index contributed by atoms with van der Waals surface area (Å²) in [7, 11) is 0. The number of unbranched alkanes of at least 4 members (excludes halogenated alkanes) is 19. The third-order valence-electron chi connectivity index (χ3n) is 7.44. The van der Waals surface area contributed by atoms with Crippen molar-refractivity contribution in [3.8, 4) is 0 Å². The highest BCUT2D eigenvalue weighted by Gasteiger charge is 2.03. The molecule has 0 aliphatic heterocycles. The van der Waals surface area contributed by atoms with Crippen LogP contribution in [0.5, 0.6) is 0 Å². The van der Waals surface area contributed by atoms with E-state index in [2.05, 4.69) is 32.9 Å². The molecule has 0 aliphatic rings. The zero-order chi connectivity index (χ0) is 25.7. The molecule has 0 aromatic heterocycles. The molecule has 0 saturated heterocycles. The molecule has 208 valence electrons. The Balaban J connectivity index is 3.21. The summed E-state index contributed by atoms with van der Waals surface area (Å²) in [6.07, 6.45) is 36.8. The predicted octanol–water partition coefficient (Wildman–Crippen LogP) is 11.5. The van der Waals surface area contributed by atoms with Gasteiger partial charge in [0, 0.05) is 6.42 Å². The first-order valence-corrected chi connectivity index (χ1v) is 16.0. The first-order chi connectivity index (χ1) is 17.2. The van der Waals surface area contributed by atoms with Crippen LogP contribution in [-0.2, 0) is 9.53 Å². The topological polar surface area (TPSA) is 26.3 Å². The molecule has 0 aliphatic carbocycles. The lowest BCUT2D eigenvalue weighted by Gasteiger charge is -2.07. The van der Waals surface area contributed by atoms with E-state index in [0.717, 1.165) is 18.8 Å². The second-order valence-corrected chi connectivity index (χ2v) is 11.0. The van der Waals surface area contributed by atoms with Gasteiger partial charge >= 0.3 is 5.97 Å². The molecule has 0 radical (unpaired) electrons. The zero-order valence-corrected chi connectivity index (χ0v) is 24.4. The van der Waals surface area contributed by atoms with Gasteiger partial charge in [0.2, 0.25) is 0 Å². The number of hydrogen-bond donors (Lipinski definition) is 0. The van der Waals surface area contributed by atoms with Gasteiger partial charge in [0.05, 0.1) is 6.61 Å². The van der Waals surface area contributed by atoms with Crippen molar-refractivity contribution in [3.63, 3.8) is 0 Å². The van der Waals surface area contributed by atoms with Gasteiger partial charge in [0.25, 0.3) is 0 Å². The molecule has 0 fully saturated rings. The van der Waals surface area contributed by atoms with Crippen LogP contribution in [-0.4, -0.2) is 12.6 Å². The van der Waals surface area contributed by atoms with Crippen molar-refractivity contribution < 1.29 is 9.53 Å². The number of carbonyl (C=O) groups is 1. The Kier molecular flexibility index (Phi) is 28.8. The Morgan fingerprint density at radius 1 is 0.600 bits per heavy atom. The number of esters is 1. The van der Waals surface area contributed by atoms with E-state index in [1.165, 1.54) is 141 Å². The first kappa shape index (κ1) is 34.2. The Bertz CT molecular complexity index is 442. The Morgan fingerprint density at radius 3 is 1.60 bits per heavy atom. The average Bonchev–Trinajstić information content (AvgIpc) is 2.86. The van der Waals surface area contributed by atoms with E-state index < -0.39 is 0 Å². The van der Waals surface area contributed by atoms with Crippen LogP contribution in [0.25, 0.3) is 0 Å². The summed E-state index contributed by atoms with van der Waals surface area (Å²) in [5.74, 6) is 0.911. The van der Waals surface area contributed by atoms with E-state index >= 15 is 0 Å². The lowest BCUT2D eigenvalue weighted by atomic mass is 10.00. The summed E-state index contributed by atoms with van der Waals surface area (Å²) in [4.78, 5) is 11.9. The van der Waals surface area contributed by atoms with Crippen molar-refractivity contribution >= 4 is 5.97 Å². The zero-order valence-electron chi connectivity index (χ0n) is 24.4. The summed E-state index contributed by atoms with van der Waals surface area (Å²) in [6, 6.07) is 0. The normalized spacial score (nSPS) is 12.4. The minimum Gasteiger partial charge on any atom is -0.466 e. The summed E-state index contributed by atoms with van der Waals surface area (Å²) < 4.78 is 5.41. The van der Waals surface area contributed by atoms with Crippen LogP contribution in [0.2, 0.25) is 0 Å². The van der Waals surface area contributed by atoms with Gasteiger partial charge in [-0.3, -0.25) is 4.79 Å². The molecule has 0 aromatic rings. The maximum Gasteiger partial charge on any atom is 0.305 e. The minimum absolute atomic E-state index is 0.0165. The maximum absolute atomic E-state index is 11.9. The summed E-state index contributed by atoms with van der Waals surface area (Å²) in [5.41, 5.74) is 0. The summed E-state index contributed by atoms with van der Waals surface area (Å²) in [6.45, 7) is 7.56. The van der Waals surface area contributed by atoms with E-state index in [-0.39, 0.29) is 5.97 Å². The Labute approximate surface area is 221 Å². The van der Waals surface area contributed by atoms with Crippen LogP contribution < -0.4 is 0 Å². The third kappa shape index (κ3) is 29.3. The fourth-order valence-electron chi connectivity index (χ4n) is 4.63. The molecule has 0 bridgehead atoms. The van der Waals surface area contributed by atoms with E-state index in [1.807, 2.05) is 0 Å². The number of carbonyl (C=O) groups excluding carboxylic acids is 1. The van der Waals surface area contributed by atoms with Crippen molar-refractivity contribution in [2.45, 2.75) is 181 Å². The quantitative estimate of drug-likeness (QED) is 0.0616. The van der Waals surface area contributed by atoms with Gasteiger partial charge in [-0.2, -0.15) is 0 Å². The predicted molar refractivity (Wildman–Crippen MR) is 156 cm³/mol. The molecular weight excluding hydrogens is 428 g/mol. The number of allylic oxidation sites excluding steroid dienone is 2. The van der Waals surface area contributed by atoms with Crippen molar-refractivity contribution in [2.24, 2.45) is 5.92 Å². The van der Waals surface area contributed by atoms with Gasteiger partial charge in [-0.25, -0.2) is 0 Å². The molecule has 0 amide bonds. The van der Waals surface area contributed by atoms with E-state index in [1.54, 1.807) is 0 Å². The molecular formula is C33H64O2. The van der Waals surface area contributed by atoms with Crippen LogP contribution >= 0.6 is 0 Å². The smallest absolute Gasteiger partial charge is 0.305 e. The molecule has 35 heavy (non-hydrogen) atoms. The maximum atomic E-state index is 11.9. The molecule has 0 N–H and O–H groups in total. The number of ether oxygens (including phenoxy) is 1. The second-order valence-electron chi connectivity index (χ2n) is 11.0. The molecule has 0 saturated carbocycles. The standard InChI is InChI=1S/C33H64O2/c1-4-6-7-8-9-10-11-12-13-14-15-16-17-18-21-24-27-30-33(34)35-31-28-25-22-19-20-23-26-29-32(3)5-2/h12-13,32H,4-11,14-31H2,1-3H3. The summed E-state index contributed by atoms with van der Waals surface area (Å²) in [5, 5.41) is 0. The first-order valence-electron chi connectivity index (χ1n) is 16.0. The second kappa shape index (κ2) is 29.4. The largest absolute Gasteiger partial charge is 0.466 e. The van der Waals surface area contributed by atoms with Crippen LogP contribution in [0.15, 0.2) is 12.2 Å². The van der Waals surface area contributed by atoms with Gasteiger partial charge in [0.15, 0.2) is 0 Å². The average molecular weight is 493 g/mol. The van der Waals surface area contributed by atoms with Crippen molar-refractivity contribution in [1.82, 2.24) is 0 Å². The molecule has 2 nitrogen and oxygen atoms in total. The van der Waals surface area contributed by atoms with Gasteiger partial charge < -0.3 is 4.74 Å². The molecule has 1 atom stereocenters. The molecule has 0 heterocycles. The summed E-state index contributed by atoms with van der Waals surface area (Å²) >= 11 is 0. The molecule has 0 rings (SSSR count). The van der Waals surface area contributed by atoms with Crippen LogP contribution in [0.3, 0.4) is 0 Å². The molecule has 0 aromatic carbocycles. The number of rotatable bonds is 28. The number of hydrogen-bond acceptors (Lipinski definition) is 2. The van der Waals surface area contributed by atoms with Gasteiger partial charge in [-0.05, 0) is 44.4 Å². The SMILES string of the molecule is CCCCCCCCC=CCCCCCCCCCC(=O)OCCCCCCCCCC(C)CC. The Hall–Kier alpha value is -0.790. The Morgan fingerprint density at radius 2 is 1.06 bits per heavy atom. The van der Waals surface area contributed by atoms with Crippen LogP contribution in [0.4, 0.5) is 0 Å². The lowest BCUT2D eigenvalue weighted by molar-refractivity contribution is -0.143. The van der Waals surface area contributed by atoms with Gasteiger partial charge in [-0.1, -0.05) is 148 Å². The van der Waals surface area contributed by atoms with E-state index in [0.29, 0.717) is 13.0 Å². The molecule has 1 unspecified atom stereocenters. The third-order valence-corrected chi connectivity index (χ3v) is 7.44. The van der Waals surface area contributed by atoms with Crippen LogP contribution in [0.1, 0.15) is 181 Å². The highest BCUT2D eigenvalue weighted by molar-refractivity contribution is 5.69. The lowest BCUT2D eigenvalue weighted by Crippen LogP contribution is -2.05. The van der Waals surface area contributed by atoms with Gasteiger partial charge in [0.1, 0.15) is 0 Å². The van der Waals surface area contributed by atoms with Gasteiger partial charge in [-0.15, -0.1) is 0 Å². The highest BCUT2D eigenvalue weighted by Crippen LogP contribution is 2.15. The molecule has 2 heteroatoms. The monoisotopic (exact) mass is 492 g/mol.